The zero-order valence-corrected chi connectivity index (χ0v) is 16.8. The summed E-state index contributed by atoms with van der Waals surface area (Å²) in [5.74, 6) is 0.919. The fourth-order valence-electron chi connectivity index (χ4n) is 2.99. The SMILES string of the molecule is COc1cccc(C(=S)NCCN2CCOCC2)c1OCc1ccc(F)cc1. The van der Waals surface area contributed by atoms with E-state index in [1.54, 1.807) is 19.2 Å². The highest BCUT2D eigenvalue weighted by Crippen LogP contribution is 2.32. The van der Waals surface area contributed by atoms with Crippen LogP contribution in [0.5, 0.6) is 11.5 Å². The number of hydrogen-bond acceptors (Lipinski definition) is 5. The number of thiocarbonyl (C=S) groups is 1. The number of methoxy groups -OCH3 is 1. The highest BCUT2D eigenvalue weighted by Gasteiger charge is 2.15. The highest BCUT2D eigenvalue weighted by molar-refractivity contribution is 7.80. The van der Waals surface area contributed by atoms with E-state index in [0.717, 1.165) is 50.5 Å². The largest absolute Gasteiger partial charge is 0.493 e. The summed E-state index contributed by atoms with van der Waals surface area (Å²) in [4.78, 5) is 2.96. The Morgan fingerprint density at radius 2 is 1.93 bits per heavy atom. The van der Waals surface area contributed by atoms with Crippen molar-refractivity contribution < 1.29 is 18.6 Å². The Bertz CT molecular complexity index is 780. The van der Waals surface area contributed by atoms with Crippen LogP contribution in [0.1, 0.15) is 11.1 Å². The Balaban J connectivity index is 1.63. The van der Waals surface area contributed by atoms with Crippen LogP contribution in [0.3, 0.4) is 0 Å². The average Bonchev–Trinajstić information content (AvgIpc) is 2.73. The van der Waals surface area contributed by atoms with Gasteiger partial charge in [-0.1, -0.05) is 30.4 Å². The lowest BCUT2D eigenvalue weighted by molar-refractivity contribution is 0.0389. The topological polar surface area (TPSA) is 43.0 Å². The Morgan fingerprint density at radius 3 is 2.64 bits per heavy atom. The predicted molar refractivity (Wildman–Crippen MR) is 111 cm³/mol. The molecule has 0 radical (unpaired) electrons. The van der Waals surface area contributed by atoms with E-state index in [2.05, 4.69) is 10.2 Å². The van der Waals surface area contributed by atoms with Gasteiger partial charge in [-0.2, -0.15) is 0 Å². The van der Waals surface area contributed by atoms with E-state index in [4.69, 9.17) is 26.4 Å². The van der Waals surface area contributed by atoms with Crippen LogP contribution in [0.15, 0.2) is 42.5 Å². The second-order valence-electron chi connectivity index (χ2n) is 6.46. The van der Waals surface area contributed by atoms with E-state index in [0.29, 0.717) is 23.1 Å². The van der Waals surface area contributed by atoms with E-state index in [9.17, 15) is 4.39 Å². The molecule has 0 spiro atoms. The molecule has 0 aliphatic carbocycles. The minimum Gasteiger partial charge on any atom is -0.493 e. The Labute approximate surface area is 170 Å². The molecule has 0 aromatic heterocycles. The molecule has 1 heterocycles. The van der Waals surface area contributed by atoms with Crippen LogP contribution in [0.4, 0.5) is 4.39 Å². The first kappa shape index (κ1) is 20.5. The van der Waals surface area contributed by atoms with Crippen LogP contribution in [0, 0.1) is 5.82 Å². The molecule has 1 fully saturated rings. The lowest BCUT2D eigenvalue weighted by Gasteiger charge is -2.26. The molecule has 1 N–H and O–H groups in total. The number of rotatable bonds is 8. The monoisotopic (exact) mass is 404 g/mol. The summed E-state index contributed by atoms with van der Waals surface area (Å²) in [6.07, 6.45) is 0. The molecule has 28 heavy (non-hydrogen) atoms. The average molecular weight is 405 g/mol. The number of hydrogen-bond donors (Lipinski definition) is 1. The molecule has 1 aliphatic rings. The van der Waals surface area contributed by atoms with Crippen molar-refractivity contribution in [2.45, 2.75) is 6.61 Å². The minimum absolute atomic E-state index is 0.271. The lowest BCUT2D eigenvalue weighted by Crippen LogP contribution is -2.41. The fraction of sp³-hybridized carbons (Fsp3) is 0.381. The number of ether oxygens (including phenoxy) is 3. The van der Waals surface area contributed by atoms with Crippen molar-refractivity contribution in [2.75, 3.05) is 46.5 Å². The minimum atomic E-state index is -0.271. The summed E-state index contributed by atoms with van der Waals surface area (Å²) in [6, 6.07) is 11.9. The van der Waals surface area contributed by atoms with Gasteiger partial charge in [0.05, 0.1) is 25.9 Å². The van der Waals surface area contributed by atoms with Crippen molar-refractivity contribution in [3.8, 4) is 11.5 Å². The number of para-hydroxylation sites is 1. The van der Waals surface area contributed by atoms with E-state index in [-0.39, 0.29) is 5.82 Å². The van der Waals surface area contributed by atoms with Gasteiger partial charge in [0, 0.05) is 26.2 Å². The van der Waals surface area contributed by atoms with Crippen LogP contribution in [0.25, 0.3) is 0 Å². The van der Waals surface area contributed by atoms with Crippen molar-refractivity contribution in [3.05, 3.63) is 59.4 Å². The van der Waals surface area contributed by atoms with Gasteiger partial charge in [-0.15, -0.1) is 0 Å². The summed E-state index contributed by atoms with van der Waals surface area (Å²) in [5.41, 5.74) is 1.64. The first-order chi connectivity index (χ1) is 13.7. The molecular weight excluding hydrogens is 379 g/mol. The summed E-state index contributed by atoms with van der Waals surface area (Å²) in [6.45, 7) is 5.39. The quantitative estimate of drug-likeness (QED) is 0.683. The second-order valence-corrected chi connectivity index (χ2v) is 6.87. The molecule has 0 bridgehead atoms. The summed E-state index contributed by atoms with van der Waals surface area (Å²) in [5, 5.41) is 3.31. The molecule has 1 aliphatic heterocycles. The highest BCUT2D eigenvalue weighted by atomic mass is 32.1. The standard InChI is InChI=1S/C21H25FN2O3S/c1-25-19-4-2-3-18(20(19)27-15-16-5-7-17(22)8-6-16)21(28)23-9-10-24-11-13-26-14-12-24/h2-8H,9-15H2,1H3,(H,23,28). The van der Waals surface area contributed by atoms with Crippen LogP contribution < -0.4 is 14.8 Å². The van der Waals surface area contributed by atoms with Crippen LogP contribution in [0.2, 0.25) is 0 Å². The third-order valence-corrected chi connectivity index (χ3v) is 4.92. The number of halogens is 1. The maximum absolute atomic E-state index is 13.1. The van der Waals surface area contributed by atoms with Gasteiger partial charge in [0.1, 0.15) is 17.4 Å². The summed E-state index contributed by atoms with van der Waals surface area (Å²) in [7, 11) is 1.60. The Kier molecular flexibility index (Phi) is 7.59. The van der Waals surface area contributed by atoms with Gasteiger partial charge in [-0.3, -0.25) is 4.90 Å². The van der Waals surface area contributed by atoms with Crippen molar-refractivity contribution >= 4 is 17.2 Å². The van der Waals surface area contributed by atoms with Gasteiger partial charge in [0.25, 0.3) is 0 Å². The normalized spacial score (nSPS) is 14.5. The third kappa shape index (κ3) is 5.64. The maximum atomic E-state index is 13.1. The second kappa shape index (κ2) is 10.4. The van der Waals surface area contributed by atoms with Crippen molar-refractivity contribution in [2.24, 2.45) is 0 Å². The molecule has 150 valence electrons. The number of morpholine rings is 1. The van der Waals surface area contributed by atoms with Gasteiger partial charge in [-0.25, -0.2) is 4.39 Å². The molecule has 7 heteroatoms. The molecule has 0 atom stereocenters. The zero-order valence-electron chi connectivity index (χ0n) is 15.9. The third-order valence-electron chi connectivity index (χ3n) is 4.56. The van der Waals surface area contributed by atoms with Gasteiger partial charge >= 0.3 is 0 Å². The lowest BCUT2D eigenvalue weighted by atomic mass is 10.1. The maximum Gasteiger partial charge on any atom is 0.171 e. The molecule has 5 nitrogen and oxygen atoms in total. The predicted octanol–water partition coefficient (Wildman–Crippen LogP) is 3.01. The Morgan fingerprint density at radius 1 is 1.18 bits per heavy atom. The number of nitrogens with zero attached hydrogens (tertiary/aromatic N) is 1. The van der Waals surface area contributed by atoms with Gasteiger partial charge < -0.3 is 19.5 Å². The van der Waals surface area contributed by atoms with E-state index >= 15 is 0 Å². The van der Waals surface area contributed by atoms with Gasteiger partial charge in [-0.05, 0) is 29.8 Å². The molecule has 0 unspecified atom stereocenters. The van der Waals surface area contributed by atoms with Crippen LogP contribution in [-0.2, 0) is 11.3 Å². The molecule has 0 amide bonds. The smallest absolute Gasteiger partial charge is 0.171 e. The number of nitrogens with one attached hydrogen (secondary N) is 1. The van der Waals surface area contributed by atoms with Crippen molar-refractivity contribution in [1.29, 1.82) is 0 Å². The molecule has 1 saturated heterocycles. The van der Waals surface area contributed by atoms with E-state index in [1.807, 2.05) is 18.2 Å². The van der Waals surface area contributed by atoms with Crippen LogP contribution in [-0.4, -0.2) is 56.4 Å². The van der Waals surface area contributed by atoms with Crippen molar-refractivity contribution in [1.82, 2.24) is 10.2 Å². The summed E-state index contributed by atoms with van der Waals surface area (Å²) < 4.78 is 29.9. The Hall–Kier alpha value is -2.22. The first-order valence-electron chi connectivity index (χ1n) is 9.30. The van der Waals surface area contributed by atoms with E-state index < -0.39 is 0 Å². The molecule has 0 saturated carbocycles. The molecule has 2 aromatic carbocycles. The van der Waals surface area contributed by atoms with Gasteiger partial charge in [0.2, 0.25) is 0 Å². The molecule has 3 rings (SSSR count). The summed E-state index contributed by atoms with van der Waals surface area (Å²) >= 11 is 5.59. The molecular formula is C21H25FN2O3S. The van der Waals surface area contributed by atoms with E-state index in [1.165, 1.54) is 12.1 Å². The fourth-order valence-corrected chi connectivity index (χ4v) is 3.25. The van der Waals surface area contributed by atoms with Gasteiger partial charge in [0.15, 0.2) is 11.5 Å². The van der Waals surface area contributed by atoms with Crippen molar-refractivity contribution in [3.63, 3.8) is 0 Å². The molecule has 2 aromatic rings. The van der Waals surface area contributed by atoms with Crippen LogP contribution >= 0.6 is 12.2 Å². The number of benzene rings is 2. The first-order valence-corrected chi connectivity index (χ1v) is 9.71. The zero-order chi connectivity index (χ0) is 19.8.